The number of carboxylic acids is 1. The molecule has 1 amide bonds. The van der Waals surface area contributed by atoms with E-state index in [1.807, 2.05) is 18.2 Å². The van der Waals surface area contributed by atoms with E-state index in [-0.39, 0.29) is 19.4 Å². The fourth-order valence-electron chi connectivity index (χ4n) is 1.61. The first-order valence-corrected chi connectivity index (χ1v) is 7.21. The van der Waals surface area contributed by atoms with Gasteiger partial charge in [0.15, 0.2) is 0 Å². The summed E-state index contributed by atoms with van der Waals surface area (Å²) in [5.41, 5.74) is -0.665. The minimum absolute atomic E-state index is 0.0655. The maximum absolute atomic E-state index is 11.7. The summed E-state index contributed by atoms with van der Waals surface area (Å²) in [4.78, 5) is 22.3. The van der Waals surface area contributed by atoms with Crippen molar-refractivity contribution < 1.29 is 19.4 Å². The summed E-state index contributed by atoms with van der Waals surface area (Å²) in [5.74, 6) is -1.17. The lowest BCUT2D eigenvalue weighted by molar-refractivity contribution is -0.144. The second kappa shape index (κ2) is 8.10. The number of hydrogen-bond acceptors (Lipinski definition) is 3. The zero-order chi connectivity index (χ0) is 15.9. The highest BCUT2D eigenvalue weighted by Crippen LogP contribution is 2.19. The molecule has 0 radical (unpaired) electrons. The van der Waals surface area contributed by atoms with Crippen LogP contribution in [0.1, 0.15) is 25.3 Å². The van der Waals surface area contributed by atoms with Crippen LogP contribution in [0.2, 0.25) is 0 Å². The molecule has 0 saturated carbocycles. The summed E-state index contributed by atoms with van der Waals surface area (Å²) in [5, 5.41) is 11.6. The van der Waals surface area contributed by atoms with Crippen molar-refractivity contribution in [1.82, 2.24) is 5.32 Å². The summed E-state index contributed by atoms with van der Waals surface area (Å²) in [6, 6.07) is 9.09. The van der Waals surface area contributed by atoms with E-state index in [4.69, 9.17) is 27.9 Å². The van der Waals surface area contributed by atoms with E-state index in [1.165, 1.54) is 6.92 Å². The van der Waals surface area contributed by atoms with Crippen LogP contribution in [0.3, 0.4) is 0 Å². The average molecular weight is 334 g/mol. The van der Waals surface area contributed by atoms with Crippen LogP contribution in [0.15, 0.2) is 30.3 Å². The summed E-state index contributed by atoms with van der Waals surface area (Å²) in [6.07, 6.45) is -0.463. The van der Waals surface area contributed by atoms with Crippen molar-refractivity contribution in [2.75, 3.05) is 0 Å². The maximum Gasteiger partial charge on any atom is 0.408 e. The van der Waals surface area contributed by atoms with Crippen molar-refractivity contribution in [3.05, 3.63) is 35.9 Å². The van der Waals surface area contributed by atoms with Crippen LogP contribution in [-0.4, -0.2) is 27.5 Å². The lowest BCUT2D eigenvalue weighted by atomic mass is 9.96. The fraction of sp³-hybridized carbons (Fsp3) is 0.429. The van der Waals surface area contributed by atoms with Crippen molar-refractivity contribution in [3.63, 3.8) is 0 Å². The molecule has 0 aliphatic heterocycles. The monoisotopic (exact) mass is 333 g/mol. The maximum atomic E-state index is 11.7. The largest absolute Gasteiger partial charge is 0.480 e. The van der Waals surface area contributed by atoms with E-state index >= 15 is 0 Å². The van der Waals surface area contributed by atoms with E-state index in [9.17, 15) is 14.7 Å². The molecule has 1 rings (SSSR count). The van der Waals surface area contributed by atoms with Crippen molar-refractivity contribution in [2.24, 2.45) is 0 Å². The standard InChI is InChI=1S/C14H17Cl2NO4/c1-14(12(18)19,8-7-11(15)16)17-13(20)21-9-10-5-3-2-4-6-10/h2-6,11H,7-9H2,1H3,(H,17,20)(H,18,19). The quantitative estimate of drug-likeness (QED) is 0.750. The van der Waals surface area contributed by atoms with Gasteiger partial charge in [0.1, 0.15) is 17.0 Å². The number of aliphatic carboxylic acids is 1. The molecule has 2 N–H and O–H groups in total. The first-order chi connectivity index (χ1) is 9.83. The lowest BCUT2D eigenvalue weighted by Gasteiger charge is -2.26. The van der Waals surface area contributed by atoms with Gasteiger partial charge in [-0.1, -0.05) is 30.3 Å². The highest BCUT2D eigenvalue weighted by atomic mass is 35.5. The molecule has 0 aliphatic carbocycles. The molecule has 0 aromatic heterocycles. The number of carbonyl (C=O) groups is 2. The highest BCUT2D eigenvalue weighted by molar-refractivity contribution is 6.44. The third-order valence-corrected chi connectivity index (χ3v) is 3.36. The van der Waals surface area contributed by atoms with Crippen molar-refractivity contribution in [1.29, 1.82) is 0 Å². The van der Waals surface area contributed by atoms with Crippen LogP contribution in [0, 0.1) is 0 Å². The Morgan fingerprint density at radius 1 is 1.33 bits per heavy atom. The highest BCUT2D eigenvalue weighted by Gasteiger charge is 2.35. The first-order valence-electron chi connectivity index (χ1n) is 6.34. The van der Waals surface area contributed by atoms with Gasteiger partial charge in [-0.15, -0.1) is 23.2 Å². The van der Waals surface area contributed by atoms with Gasteiger partial charge in [-0.2, -0.15) is 0 Å². The third-order valence-electron chi connectivity index (χ3n) is 2.93. The number of amides is 1. The van der Waals surface area contributed by atoms with Gasteiger partial charge in [-0.3, -0.25) is 0 Å². The summed E-state index contributed by atoms with van der Waals surface area (Å²) in [6.45, 7) is 1.45. The van der Waals surface area contributed by atoms with Gasteiger partial charge in [0.2, 0.25) is 0 Å². The Hall–Kier alpha value is -1.46. The number of alkyl carbamates (subject to hydrolysis) is 1. The second-order valence-corrected chi connectivity index (χ2v) is 6.03. The predicted molar refractivity (Wildman–Crippen MR) is 80.5 cm³/mol. The van der Waals surface area contributed by atoms with Gasteiger partial charge in [0.25, 0.3) is 0 Å². The van der Waals surface area contributed by atoms with Gasteiger partial charge in [0.05, 0.1) is 0 Å². The summed E-state index contributed by atoms with van der Waals surface area (Å²) in [7, 11) is 0. The molecule has 1 atom stereocenters. The Kier molecular flexibility index (Phi) is 6.78. The van der Waals surface area contributed by atoms with Crippen LogP contribution in [0.25, 0.3) is 0 Å². The summed E-state index contributed by atoms with van der Waals surface area (Å²) < 4.78 is 5.00. The smallest absolute Gasteiger partial charge is 0.408 e. The minimum Gasteiger partial charge on any atom is -0.480 e. The van der Waals surface area contributed by atoms with E-state index in [0.29, 0.717) is 0 Å². The van der Waals surface area contributed by atoms with Crippen molar-refractivity contribution in [2.45, 2.75) is 36.7 Å². The van der Waals surface area contributed by atoms with Crippen molar-refractivity contribution >= 4 is 35.3 Å². The van der Waals surface area contributed by atoms with Gasteiger partial charge in [-0.25, -0.2) is 9.59 Å². The van der Waals surface area contributed by atoms with Crippen LogP contribution in [0.5, 0.6) is 0 Å². The number of nitrogens with one attached hydrogen (secondary N) is 1. The molecule has 0 heterocycles. The summed E-state index contributed by atoms with van der Waals surface area (Å²) >= 11 is 11.2. The van der Waals surface area contributed by atoms with Gasteiger partial charge in [-0.05, 0) is 25.3 Å². The minimum atomic E-state index is -1.48. The average Bonchev–Trinajstić information content (AvgIpc) is 2.44. The predicted octanol–water partition coefficient (Wildman–Crippen LogP) is 3.34. The SMILES string of the molecule is CC(CCC(Cl)Cl)(NC(=O)OCc1ccccc1)C(=O)O. The number of rotatable bonds is 7. The molecule has 0 fully saturated rings. The number of halogens is 2. The zero-order valence-electron chi connectivity index (χ0n) is 11.5. The van der Waals surface area contributed by atoms with Crippen LogP contribution in [-0.2, 0) is 16.1 Å². The van der Waals surface area contributed by atoms with Crippen molar-refractivity contribution in [3.8, 4) is 0 Å². The molecule has 21 heavy (non-hydrogen) atoms. The van der Waals surface area contributed by atoms with Crippen LogP contribution in [0.4, 0.5) is 4.79 Å². The molecular weight excluding hydrogens is 317 g/mol. The Morgan fingerprint density at radius 2 is 1.95 bits per heavy atom. The molecule has 1 unspecified atom stereocenters. The van der Waals surface area contributed by atoms with Crippen LogP contribution < -0.4 is 5.32 Å². The van der Waals surface area contributed by atoms with E-state index in [1.54, 1.807) is 12.1 Å². The normalized spacial score (nSPS) is 13.5. The Labute approximate surface area is 133 Å². The Balaban J connectivity index is 2.54. The molecule has 1 aromatic rings. The second-order valence-electron chi connectivity index (χ2n) is 4.75. The number of carbonyl (C=O) groups excluding carboxylic acids is 1. The van der Waals surface area contributed by atoms with Gasteiger partial charge >= 0.3 is 12.1 Å². The number of benzene rings is 1. The fourth-order valence-corrected chi connectivity index (χ4v) is 1.82. The number of ether oxygens (including phenoxy) is 1. The number of hydrogen-bond donors (Lipinski definition) is 2. The van der Waals surface area contributed by atoms with E-state index in [0.717, 1.165) is 5.56 Å². The molecule has 7 heteroatoms. The Bertz CT molecular complexity index is 481. The van der Waals surface area contributed by atoms with E-state index in [2.05, 4.69) is 5.32 Å². The molecule has 0 aliphatic rings. The number of alkyl halides is 2. The molecule has 0 spiro atoms. The molecule has 116 valence electrons. The third kappa shape index (κ3) is 6.23. The molecular formula is C14H17Cl2NO4. The van der Waals surface area contributed by atoms with Gasteiger partial charge in [0, 0.05) is 0 Å². The molecule has 0 bridgehead atoms. The lowest BCUT2D eigenvalue weighted by Crippen LogP contribution is -2.52. The Morgan fingerprint density at radius 3 is 2.48 bits per heavy atom. The van der Waals surface area contributed by atoms with Gasteiger partial charge < -0.3 is 15.2 Å². The van der Waals surface area contributed by atoms with E-state index < -0.39 is 22.4 Å². The molecule has 1 aromatic carbocycles. The topological polar surface area (TPSA) is 75.6 Å². The van der Waals surface area contributed by atoms with Crippen LogP contribution >= 0.6 is 23.2 Å². The molecule has 5 nitrogen and oxygen atoms in total. The molecule has 0 saturated heterocycles. The zero-order valence-corrected chi connectivity index (χ0v) is 13.0. The first kappa shape index (κ1) is 17.6. The number of carboxylic acid groups (broad SMARTS) is 1.